The van der Waals surface area contributed by atoms with Gasteiger partial charge in [0, 0.05) is 38.5 Å². The summed E-state index contributed by atoms with van der Waals surface area (Å²) in [5, 5.41) is 17.6. The van der Waals surface area contributed by atoms with E-state index in [0.717, 1.165) is 14.5 Å². The fourth-order valence-electron chi connectivity index (χ4n) is 3.21. The lowest BCUT2D eigenvalue weighted by Gasteiger charge is -2.20. The minimum absolute atomic E-state index is 0.0110. The highest BCUT2D eigenvalue weighted by atomic mass is 32.2. The first-order chi connectivity index (χ1) is 15.8. The number of aryl methyl sites for hydroxylation is 1. The number of benzene rings is 2. The fraction of sp³-hybridized carbons (Fsp3) is 0.273. The molecule has 1 heterocycles. The summed E-state index contributed by atoms with van der Waals surface area (Å²) >= 11 is 1.34. The summed E-state index contributed by atoms with van der Waals surface area (Å²) in [7, 11) is -0.538. The number of fused-ring (bicyclic) bond motifs is 1. The highest BCUT2D eigenvalue weighted by Crippen LogP contribution is 2.26. The third kappa shape index (κ3) is 5.12. The number of aromatic nitrogens is 1. The van der Waals surface area contributed by atoms with Gasteiger partial charge in [0.25, 0.3) is 5.91 Å². The number of carbonyl (C=O) groups is 1. The molecule has 2 aromatic carbocycles. The Morgan fingerprint density at radius 3 is 2.33 bits per heavy atom. The van der Waals surface area contributed by atoms with Gasteiger partial charge in [0.15, 0.2) is 4.80 Å². The molecule has 0 aliphatic heterocycles. The van der Waals surface area contributed by atoms with E-state index in [1.807, 2.05) is 30.3 Å². The van der Waals surface area contributed by atoms with Crippen LogP contribution in [0, 0.1) is 22.7 Å². The second-order valence-electron chi connectivity index (χ2n) is 6.91. The van der Waals surface area contributed by atoms with Crippen LogP contribution in [-0.2, 0) is 17.1 Å². The minimum Gasteiger partial charge on any atom is -0.495 e. The van der Waals surface area contributed by atoms with Crippen LogP contribution in [0.3, 0.4) is 0 Å². The van der Waals surface area contributed by atoms with E-state index < -0.39 is 15.9 Å². The Morgan fingerprint density at radius 1 is 1.12 bits per heavy atom. The molecule has 0 fully saturated rings. The molecule has 0 N–H and O–H groups in total. The lowest BCUT2D eigenvalue weighted by molar-refractivity contribution is 0.0998. The van der Waals surface area contributed by atoms with Crippen molar-refractivity contribution in [2.24, 2.45) is 12.0 Å². The Labute approximate surface area is 195 Å². The van der Waals surface area contributed by atoms with Crippen LogP contribution in [0.15, 0.2) is 52.4 Å². The van der Waals surface area contributed by atoms with Crippen molar-refractivity contribution in [3.05, 3.63) is 52.8 Å². The molecule has 0 aliphatic rings. The summed E-state index contributed by atoms with van der Waals surface area (Å²) in [6.45, 7) is -0.0230. The van der Waals surface area contributed by atoms with Gasteiger partial charge in [-0.1, -0.05) is 17.4 Å². The van der Waals surface area contributed by atoms with Gasteiger partial charge in [-0.3, -0.25) is 4.79 Å². The summed E-state index contributed by atoms with van der Waals surface area (Å²) in [5.41, 5.74) is 1.06. The van der Waals surface area contributed by atoms with Crippen molar-refractivity contribution in [2.75, 3.05) is 20.2 Å². The van der Waals surface area contributed by atoms with Crippen LogP contribution in [0.1, 0.15) is 23.2 Å². The van der Waals surface area contributed by atoms with Crippen LogP contribution in [-0.4, -0.2) is 43.4 Å². The Morgan fingerprint density at radius 2 is 1.76 bits per heavy atom. The summed E-state index contributed by atoms with van der Waals surface area (Å²) in [6.07, 6.45) is 0.0220. The Hall–Kier alpha value is -3.51. The molecule has 1 aromatic heterocycles. The molecule has 0 bridgehead atoms. The van der Waals surface area contributed by atoms with Gasteiger partial charge in [-0.2, -0.15) is 19.8 Å². The number of sulfonamides is 1. The van der Waals surface area contributed by atoms with Gasteiger partial charge in [-0.25, -0.2) is 8.42 Å². The molecular weight excluding hydrogens is 462 g/mol. The van der Waals surface area contributed by atoms with Gasteiger partial charge < -0.3 is 9.30 Å². The van der Waals surface area contributed by atoms with Crippen LogP contribution in [0.2, 0.25) is 0 Å². The minimum atomic E-state index is -3.91. The first-order valence-corrected chi connectivity index (χ1v) is 12.1. The van der Waals surface area contributed by atoms with Gasteiger partial charge in [-0.15, -0.1) is 0 Å². The van der Waals surface area contributed by atoms with Crippen LogP contribution >= 0.6 is 11.3 Å². The van der Waals surface area contributed by atoms with E-state index in [-0.39, 0.29) is 36.4 Å². The molecular formula is C22H21N5O4S2. The number of rotatable bonds is 8. The third-order valence-corrected chi connectivity index (χ3v) is 7.90. The fourth-order valence-corrected chi connectivity index (χ4v) is 5.69. The molecule has 1 amide bonds. The van der Waals surface area contributed by atoms with E-state index in [4.69, 9.17) is 15.3 Å². The lowest BCUT2D eigenvalue weighted by atomic mass is 10.2. The normalized spacial score (nSPS) is 12.0. The number of nitriles is 2. The SMILES string of the molecule is COc1cccc2sc(=NC(=O)c3ccc(S(=O)(=O)N(CCC#N)CCC#N)cc3)n(C)c12. The summed E-state index contributed by atoms with van der Waals surface area (Å²) in [6, 6.07) is 14.9. The molecule has 3 rings (SSSR count). The predicted molar refractivity (Wildman–Crippen MR) is 123 cm³/mol. The maximum absolute atomic E-state index is 12.9. The van der Waals surface area contributed by atoms with Crippen molar-refractivity contribution in [1.82, 2.24) is 8.87 Å². The topological polar surface area (TPSA) is 129 Å². The van der Waals surface area contributed by atoms with E-state index >= 15 is 0 Å². The standard InChI is InChI=1S/C22H21N5O4S2/c1-26-20-18(31-2)6-3-7-19(20)32-22(26)25-21(28)16-8-10-17(11-9-16)33(29,30)27(14-4-12-23)15-5-13-24/h3,6-11H,4-5,14-15H2,1-2H3. The first-order valence-electron chi connectivity index (χ1n) is 9.89. The number of thiazole rings is 1. The molecule has 11 heteroatoms. The van der Waals surface area contributed by atoms with Crippen LogP contribution in [0.4, 0.5) is 0 Å². The number of amides is 1. The van der Waals surface area contributed by atoms with Crippen molar-refractivity contribution < 1.29 is 17.9 Å². The molecule has 33 heavy (non-hydrogen) atoms. The molecule has 0 saturated heterocycles. The first kappa shape index (κ1) is 24.1. The monoisotopic (exact) mass is 483 g/mol. The highest BCUT2D eigenvalue weighted by Gasteiger charge is 2.24. The average Bonchev–Trinajstić information content (AvgIpc) is 3.14. The molecule has 3 aromatic rings. The number of nitrogens with zero attached hydrogens (tertiary/aromatic N) is 5. The number of ether oxygens (including phenoxy) is 1. The quantitative estimate of drug-likeness (QED) is 0.484. The van der Waals surface area contributed by atoms with Crippen molar-refractivity contribution in [3.63, 3.8) is 0 Å². The van der Waals surface area contributed by atoms with Crippen molar-refractivity contribution in [3.8, 4) is 17.9 Å². The molecule has 0 saturated carbocycles. The van der Waals surface area contributed by atoms with E-state index in [2.05, 4.69) is 4.99 Å². The molecule has 9 nitrogen and oxygen atoms in total. The van der Waals surface area contributed by atoms with Gasteiger partial charge in [0.2, 0.25) is 10.0 Å². The third-order valence-electron chi connectivity index (χ3n) is 4.89. The Balaban J connectivity index is 1.90. The molecule has 0 atom stereocenters. The molecule has 0 radical (unpaired) electrons. The van der Waals surface area contributed by atoms with E-state index in [9.17, 15) is 13.2 Å². The van der Waals surface area contributed by atoms with E-state index in [1.54, 1.807) is 18.7 Å². The smallest absolute Gasteiger partial charge is 0.279 e. The van der Waals surface area contributed by atoms with Gasteiger partial charge in [0.1, 0.15) is 11.3 Å². The summed E-state index contributed by atoms with van der Waals surface area (Å²) in [4.78, 5) is 17.4. The van der Waals surface area contributed by atoms with E-state index in [0.29, 0.717) is 10.6 Å². The largest absolute Gasteiger partial charge is 0.495 e. The molecule has 170 valence electrons. The van der Waals surface area contributed by atoms with Crippen LogP contribution < -0.4 is 9.54 Å². The van der Waals surface area contributed by atoms with Gasteiger partial charge in [-0.05, 0) is 36.4 Å². The van der Waals surface area contributed by atoms with Gasteiger partial charge >= 0.3 is 0 Å². The van der Waals surface area contributed by atoms with Crippen molar-refractivity contribution in [1.29, 1.82) is 10.5 Å². The zero-order valence-corrected chi connectivity index (χ0v) is 19.7. The maximum Gasteiger partial charge on any atom is 0.279 e. The maximum atomic E-state index is 12.9. The summed E-state index contributed by atoms with van der Waals surface area (Å²) < 4.78 is 35.0. The lowest BCUT2D eigenvalue weighted by Crippen LogP contribution is -2.32. The van der Waals surface area contributed by atoms with Gasteiger partial charge in [0.05, 0.1) is 28.8 Å². The Bertz CT molecular complexity index is 1410. The number of para-hydroxylation sites is 1. The second kappa shape index (κ2) is 10.4. The van der Waals surface area contributed by atoms with Crippen LogP contribution in [0.5, 0.6) is 5.75 Å². The number of hydrogen-bond donors (Lipinski definition) is 0. The number of hydrogen-bond acceptors (Lipinski definition) is 7. The average molecular weight is 484 g/mol. The van der Waals surface area contributed by atoms with Crippen LogP contribution in [0.25, 0.3) is 10.2 Å². The molecule has 0 unspecified atom stereocenters. The zero-order valence-electron chi connectivity index (χ0n) is 18.1. The summed E-state index contributed by atoms with van der Waals surface area (Å²) in [5.74, 6) is 0.165. The van der Waals surface area contributed by atoms with Crippen molar-refractivity contribution in [2.45, 2.75) is 17.7 Å². The number of carbonyl (C=O) groups excluding carboxylic acids is 1. The second-order valence-corrected chi connectivity index (χ2v) is 9.86. The predicted octanol–water partition coefficient (Wildman–Crippen LogP) is 2.81. The Kier molecular flexibility index (Phi) is 7.61. The highest BCUT2D eigenvalue weighted by molar-refractivity contribution is 7.89. The van der Waals surface area contributed by atoms with Crippen molar-refractivity contribution >= 4 is 37.5 Å². The van der Waals surface area contributed by atoms with E-state index in [1.165, 1.54) is 35.6 Å². The number of methoxy groups -OCH3 is 1. The zero-order chi connectivity index (χ0) is 24.0. The molecule has 0 spiro atoms. The molecule has 0 aliphatic carbocycles.